The van der Waals surface area contributed by atoms with Crippen LogP contribution >= 0.6 is 0 Å². The van der Waals surface area contributed by atoms with Crippen LogP contribution in [0.5, 0.6) is 0 Å². The molecule has 0 spiro atoms. The summed E-state index contributed by atoms with van der Waals surface area (Å²) >= 11 is 0. The third-order valence-corrected chi connectivity index (χ3v) is 5.47. The molecular formula is C19H29NO. The molecule has 1 aliphatic carbocycles. The maximum atomic E-state index is 6.88. The molecule has 2 heteroatoms. The Balaban J connectivity index is 1.61. The molecule has 1 aromatic rings. The summed E-state index contributed by atoms with van der Waals surface area (Å²) in [7, 11) is 0. The first-order valence-electron chi connectivity index (χ1n) is 8.73. The minimum absolute atomic E-state index is 0.00178. The van der Waals surface area contributed by atoms with Gasteiger partial charge in [-0.3, -0.25) is 0 Å². The molecule has 3 rings (SSSR count). The molecule has 1 aliphatic heterocycles. The van der Waals surface area contributed by atoms with Gasteiger partial charge in [-0.1, -0.05) is 43.2 Å². The van der Waals surface area contributed by atoms with Gasteiger partial charge >= 0.3 is 0 Å². The van der Waals surface area contributed by atoms with Crippen molar-refractivity contribution in [1.29, 1.82) is 0 Å². The summed E-state index contributed by atoms with van der Waals surface area (Å²) in [6, 6.07) is 10.9. The van der Waals surface area contributed by atoms with Gasteiger partial charge in [-0.25, -0.2) is 0 Å². The zero-order valence-electron chi connectivity index (χ0n) is 13.1. The minimum Gasteiger partial charge on any atom is -0.378 e. The quantitative estimate of drug-likeness (QED) is 0.871. The average Bonchev–Trinajstić information content (AvgIpc) is 3.02. The Labute approximate surface area is 129 Å². The molecule has 2 fully saturated rings. The van der Waals surface area contributed by atoms with Crippen molar-refractivity contribution in [2.75, 3.05) is 6.61 Å². The first kappa shape index (κ1) is 15.1. The van der Waals surface area contributed by atoms with Crippen molar-refractivity contribution in [3.63, 3.8) is 0 Å². The fraction of sp³-hybridized carbons (Fsp3) is 0.684. The lowest BCUT2D eigenvalue weighted by molar-refractivity contribution is 0.0979. The standard InChI is InChI=1S/C19H29NO/c20-19(14-6-10-17-11-7-15-21-17)13-5-4-12-18(19)16-8-2-1-3-9-16/h1-3,8-9,17-18H,4-7,10-15,20H2. The molecular weight excluding hydrogens is 258 g/mol. The number of benzene rings is 1. The van der Waals surface area contributed by atoms with Crippen LogP contribution in [0.3, 0.4) is 0 Å². The lowest BCUT2D eigenvalue weighted by Crippen LogP contribution is -2.47. The van der Waals surface area contributed by atoms with E-state index in [1.54, 1.807) is 0 Å². The van der Waals surface area contributed by atoms with Crippen LogP contribution in [-0.2, 0) is 4.74 Å². The second-order valence-corrected chi connectivity index (χ2v) is 6.97. The zero-order chi connectivity index (χ0) is 14.5. The van der Waals surface area contributed by atoms with E-state index >= 15 is 0 Å². The van der Waals surface area contributed by atoms with Gasteiger partial charge in [0.15, 0.2) is 0 Å². The van der Waals surface area contributed by atoms with E-state index in [-0.39, 0.29) is 5.54 Å². The van der Waals surface area contributed by atoms with E-state index in [1.165, 1.54) is 56.9 Å². The van der Waals surface area contributed by atoms with Crippen molar-refractivity contribution in [1.82, 2.24) is 0 Å². The van der Waals surface area contributed by atoms with Crippen molar-refractivity contribution in [3.05, 3.63) is 35.9 Å². The Morgan fingerprint density at radius 3 is 2.71 bits per heavy atom. The molecule has 1 heterocycles. The molecule has 2 N–H and O–H groups in total. The lowest BCUT2D eigenvalue weighted by atomic mass is 9.68. The Morgan fingerprint density at radius 2 is 1.95 bits per heavy atom. The van der Waals surface area contributed by atoms with Crippen molar-refractivity contribution in [2.24, 2.45) is 5.73 Å². The highest BCUT2D eigenvalue weighted by Gasteiger charge is 2.37. The van der Waals surface area contributed by atoms with Crippen molar-refractivity contribution in [2.45, 2.75) is 75.3 Å². The summed E-state index contributed by atoms with van der Waals surface area (Å²) in [6.45, 7) is 0.963. The van der Waals surface area contributed by atoms with Crippen LogP contribution in [0.15, 0.2) is 30.3 Å². The molecule has 0 aromatic heterocycles. The number of hydrogen-bond acceptors (Lipinski definition) is 2. The summed E-state index contributed by atoms with van der Waals surface area (Å²) in [6.07, 6.45) is 11.6. The van der Waals surface area contributed by atoms with Crippen molar-refractivity contribution in [3.8, 4) is 0 Å². The molecule has 1 aromatic carbocycles. The average molecular weight is 287 g/mol. The third kappa shape index (κ3) is 3.67. The van der Waals surface area contributed by atoms with E-state index in [1.807, 2.05) is 0 Å². The number of rotatable bonds is 5. The Morgan fingerprint density at radius 1 is 1.10 bits per heavy atom. The molecule has 1 saturated carbocycles. The Kier molecular flexibility index (Phi) is 4.97. The first-order chi connectivity index (χ1) is 10.3. The van der Waals surface area contributed by atoms with Crippen molar-refractivity contribution < 1.29 is 4.74 Å². The van der Waals surface area contributed by atoms with Crippen LogP contribution in [-0.4, -0.2) is 18.2 Å². The highest BCUT2D eigenvalue weighted by molar-refractivity contribution is 5.24. The van der Waals surface area contributed by atoms with E-state index in [2.05, 4.69) is 30.3 Å². The van der Waals surface area contributed by atoms with Crippen LogP contribution < -0.4 is 5.73 Å². The van der Waals surface area contributed by atoms with Gasteiger partial charge in [-0.15, -0.1) is 0 Å². The Hall–Kier alpha value is -0.860. The van der Waals surface area contributed by atoms with Crippen LogP contribution in [0.25, 0.3) is 0 Å². The summed E-state index contributed by atoms with van der Waals surface area (Å²) in [5, 5.41) is 0. The zero-order valence-corrected chi connectivity index (χ0v) is 13.1. The van der Waals surface area contributed by atoms with Gasteiger partial charge in [0.25, 0.3) is 0 Å². The monoisotopic (exact) mass is 287 g/mol. The van der Waals surface area contributed by atoms with Crippen LogP contribution in [0.4, 0.5) is 0 Å². The van der Waals surface area contributed by atoms with Crippen LogP contribution in [0.2, 0.25) is 0 Å². The molecule has 1 saturated heterocycles. The molecule has 2 nitrogen and oxygen atoms in total. The predicted octanol–water partition coefficient (Wildman–Crippen LogP) is 4.39. The summed E-state index contributed by atoms with van der Waals surface area (Å²) < 4.78 is 5.75. The van der Waals surface area contributed by atoms with Gasteiger partial charge < -0.3 is 10.5 Å². The second kappa shape index (κ2) is 6.93. The fourth-order valence-electron chi connectivity index (χ4n) is 4.28. The topological polar surface area (TPSA) is 35.2 Å². The van der Waals surface area contributed by atoms with Gasteiger partial charge in [0.1, 0.15) is 0 Å². The van der Waals surface area contributed by atoms with Crippen molar-refractivity contribution >= 4 is 0 Å². The molecule has 21 heavy (non-hydrogen) atoms. The smallest absolute Gasteiger partial charge is 0.0576 e. The third-order valence-electron chi connectivity index (χ3n) is 5.47. The molecule has 0 amide bonds. The number of nitrogens with two attached hydrogens (primary N) is 1. The predicted molar refractivity (Wildman–Crippen MR) is 87.4 cm³/mol. The number of ether oxygens (including phenoxy) is 1. The summed E-state index contributed by atoms with van der Waals surface area (Å²) in [5.41, 5.74) is 8.32. The molecule has 116 valence electrons. The maximum Gasteiger partial charge on any atom is 0.0576 e. The SMILES string of the molecule is NC1(CCCC2CCCO2)CCCCC1c1ccccc1. The van der Waals surface area contributed by atoms with E-state index in [9.17, 15) is 0 Å². The van der Waals surface area contributed by atoms with E-state index in [0.29, 0.717) is 12.0 Å². The number of hydrogen-bond donors (Lipinski definition) is 1. The van der Waals surface area contributed by atoms with Gasteiger partial charge in [0.2, 0.25) is 0 Å². The molecule has 0 radical (unpaired) electrons. The largest absolute Gasteiger partial charge is 0.378 e. The molecule has 0 bridgehead atoms. The highest BCUT2D eigenvalue weighted by atomic mass is 16.5. The second-order valence-electron chi connectivity index (χ2n) is 6.97. The fourth-order valence-corrected chi connectivity index (χ4v) is 4.28. The summed E-state index contributed by atoms with van der Waals surface area (Å²) in [5.74, 6) is 0.539. The molecule has 3 unspecified atom stereocenters. The maximum absolute atomic E-state index is 6.88. The van der Waals surface area contributed by atoms with E-state index < -0.39 is 0 Å². The Bertz CT molecular complexity index is 426. The van der Waals surface area contributed by atoms with Gasteiger partial charge in [-0.2, -0.15) is 0 Å². The first-order valence-corrected chi connectivity index (χ1v) is 8.73. The van der Waals surface area contributed by atoms with Crippen LogP contribution in [0.1, 0.15) is 69.3 Å². The van der Waals surface area contributed by atoms with Gasteiger partial charge in [-0.05, 0) is 50.5 Å². The van der Waals surface area contributed by atoms with E-state index in [4.69, 9.17) is 10.5 Å². The minimum atomic E-state index is -0.00178. The highest BCUT2D eigenvalue weighted by Crippen LogP contribution is 2.42. The van der Waals surface area contributed by atoms with E-state index in [0.717, 1.165) is 13.0 Å². The molecule has 3 atom stereocenters. The normalized spacial score (nSPS) is 33.2. The van der Waals surface area contributed by atoms with Gasteiger partial charge in [0, 0.05) is 18.1 Å². The lowest BCUT2D eigenvalue weighted by Gasteiger charge is -2.42. The van der Waals surface area contributed by atoms with Crippen LogP contribution in [0, 0.1) is 0 Å². The van der Waals surface area contributed by atoms with Gasteiger partial charge in [0.05, 0.1) is 6.10 Å². The molecule has 2 aliphatic rings. The summed E-state index contributed by atoms with van der Waals surface area (Å²) in [4.78, 5) is 0.